The van der Waals surface area contributed by atoms with Gasteiger partial charge in [-0.1, -0.05) is 35.9 Å². The first kappa shape index (κ1) is 10.8. The number of rotatable bonds is 3. The summed E-state index contributed by atoms with van der Waals surface area (Å²) in [7, 11) is 1.57. The largest absolute Gasteiger partial charge is 0.491 e. The highest BCUT2D eigenvalue weighted by Crippen LogP contribution is 2.36. The van der Waals surface area contributed by atoms with Crippen LogP contribution < -0.4 is 9.47 Å². The molecule has 2 aromatic carbocycles. The molecule has 0 aliphatic heterocycles. The van der Waals surface area contributed by atoms with Crippen LogP contribution in [0.15, 0.2) is 48.5 Å². The molecule has 0 fully saturated rings. The fourth-order valence-corrected chi connectivity index (χ4v) is 1.63. The van der Waals surface area contributed by atoms with Gasteiger partial charge in [-0.15, -0.1) is 0 Å². The molecule has 0 saturated carbocycles. The zero-order chi connectivity index (χ0) is 11.4. The summed E-state index contributed by atoms with van der Waals surface area (Å²) in [6.45, 7) is 0. The van der Waals surface area contributed by atoms with E-state index in [1.54, 1.807) is 13.2 Å². The summed E-state index contributed by atoms with van der Waals surface area (Å²) in [6.07, 6.45) is 0. The lowest BCUT2D eigenvalue weighted by Crippen LogP contribution is -1.90. The van der Waals surface area contributed by atoms with E-state index in [4.69, 9.17) is 21.1 Å². The van der Waals surface area contributed by atoms with Gasteiger partial charge in [0, 0.05) is 0 Å². The second-order valence-electron chi connectivity index (χ2n) is 3.19. The normalized spacial score (nSPS) is 9.88. The van der Waals surface area contributed by atoms with E-state index >= 15 is 0 Å². The van der Waals surface area contributed by atoms with Crippen LogP contribution in [0.5, 0.6) is 17.2 Å². The van der Waals surface area contributed by atoms with E-state index in [0.717, 1.165) is 5.75 Å². The van der Waals surface area contributed by atoms with E-state index in [1.807, 2.05) is 42.5 Å². The van der Waals surface area contributed by atoms with Crippen LogP contribution in [-0.4, -0.2) is 7.11 Å². The van der Waals surface area contributed by atoms with Crippen molar-refractivity contribution in [2.45, 2.75) is 0 Å². The first-order valence-electron chi connectivity index (χ1n) is 4.86. The highest BCUT2D eigenvalue weighted by atomic mass is 35.5. The maximum absolute atomic E-state index is 5.99. The Hall–Kier alpha value is -1.67. The van der Waals surface area contributed by atoms with Gasteiger partial charge in [0.15, 0.2) is 11.5 Å². The van der Waals surface area contributed by atoms with Crippen LogP contribution in [0, 0.1) is 0 Å². The average Bonchev–Trinajstić information content (AvgIpc) is 2.31. The van der Waals surface area contributed by atoms with Crippen LogP contribution in [0.3, 0.4) is 0 Å². The van der Waals surface area contributed by atoms with E-state index in [2.05, 4.69) is 0 Å². The quantitative estimate of drug-likeness (QED) is 0.795. The van der Waals surface area contributed by atoms with Gasteiger partial charge in [-0.3, -0.25) is 0 Å². The van der Waals surface area contributed by atoms with Crippen LogP contribution in [0.1, 0.15) is 0 Å². The first-order chi connectivity index (χ1) is 7.81. The molecule has 0 radical (unpaired) electrons. The molecule has 0 atom stereocenters. The van der Waals surface area contributed by atoms with Crippen molar-refractivity contribution >= 4 is 11.6 Å². The molecular weight excluding hydrogens is 224 g/mol. The maximum Gasteiger partial charge on any atom is 0.180 e. The highest BCUT2D eigenvalue weighted by molar-refractivity contribution is 6.32. The van der Waals surface area contributed by atoms with Crippen molar-refractivity contribution in [1.29, 1.82) is 0 Å². The molecule has 0 aromatic heterocycles. The summed E-state index contributed by atoms with van der Waals surface area (Å²) < 4.78 is 10.9. The van der Waals surface area contributed by atoms with Crippen LogP contribution in [0.4, 0.5) is 0 Å². The Balaban J connectivity index is 2.31. The Morgan fingerprint density at radius 3 is 2.38 bits per heavy atom. The lowest BCUT2D eigenvalue weighted by molar-refractivity contribution is 0.379. The lowest BCUT2D eigenvalue weighted by atomic mass is 10.3. The molecule has 0 heterocycles. The van der Waals surface area contributed by atoms with Gasteiger partial charge >= 0.3 is 0 Å². The van der Waals surface area contributed by atoms with Crippen molar-refractivity contribution in [2.24, 2.45) is 0 Å². The number of hydrogen-bond acceptors (Lipinski definition) is 2. The van der Waals surface area contributed by atoms with Crippen molar-refractivity contribution in [3.63, 3.8) is 0 Å². The number of ether oxygens (including phenoxy) is 2. The fourth-order valence-electron chi connectivity index (χ4n) is 1.38. The number of para-hydroxylation sites is 2. The average molecular weight is 235 g/mol. The molecule has 0 spiro atoms. The third-order valence-corrected chi connectivity index (χ3v) is 2.40. The summed E-state index contributed by atoms with van der Waals surface area (Å²) in [5.41, 5.74) is 0. The Kier molecular flexibility index (Phi) is 3.32. The molecule has 0 N–H and O–H groups in total. The summed E-state index contributed by atoms with van der Waals surface area (Å²) in [5, 5.41) is 0.538. The molecule has 0 bridgehead atoms. The van der Waals surface area contributed by atoms with E-state index < -0.39 is 0 Å². The fraction of sp³-hybridized carbons (Fsp3) is 0.0769. The third kappa shape index (κ3) is 2.28. The molecule has 82 valence electrons. The standard InChI is InChI=1S/C13H11ClO2/c1-15-13-11(14)8-5-9-12(13)16-10-6-3-2-4-7-10/h2-9H,1H3. The topological polar surface area (TPSA) is 18.5 Å². The Morgan fingerprint density at radius 2 is 1.69 bits per heavy atom. The van der Waals surface area contributed by atoms with Crippen LogP contribution >= 0.6 is 11.6 Å². The van der Waals surface area contributed by atoms with Gasteiger partial charge < -0.3 is 9.47 Å². The van der Waals surface area contributed by atoms with Gasteiger partial charge in [0.2, 0.25) is 0 Å². The van der Waals surface area contributed by atoms with Gasteiger partial charge in [-0.05, 0) is 24.3 Å². The molecular formula is C13H11ClO2. The molecule has 16 heavy (non-hydrogen) atoms. The zero-order valence-electron chi connectivity index (χ0n) is 8.81. The summed E-state index contributed by atoms with van der Waals surface area (Å²) in [6, 6.07) is 14.9. The maximum atomic E-state index is 5.99. The lowest BCUT2D eigenvalue weighted by Gasteiger charge is -2.10. The summed E-state index contributed by atoms with van der Waals surface area (Å²) >= 11 is 5.99. The minimum Gasteiger partial charge on any atom is -0.491 e. The molecule has 3 heteroatoms. The minimum absolute atomic E-state index is 0.538. The Bertz CT molecular complexity index is 469. The van der Waals surface area contributed by atoms with Crippen LogP contribution in [-0.2, 0) is 0 Å². The van der Waals surface area contributed by atoms with Gasteiger partial charge in [0.25, 0.3) is 0 Å². The monoisotopic (exact) mass is 234 g/mol. The third-order valence-electron chi connectivity index (χ3n) is 2.11. The first-order valence-corrected chi connectivity index (χ1v) is 5.24. The van der Waals surface area contributed by atoms with Crippen LogP contribution in [0.25, 0.3) is 0 Å². The van der Waals surface area contributed by atoms with E-state index in [1.165, 1.54) is 0 Å². The minimum atomic E-state index is 0.538. The molecule has 0 aliphatic carbocycles. The van der Waals surface area contributed by atoms with Crippen molar-refractivity contribution < 1.29 is 9.47 Å². The van der Waals surface area contributed by atoms with Crippen molar-refractivity contribution in [3.05, 3.63) is 53.6 Å². The van der Waals surface area contributed by atoms with E-state index in [-0.39, 0.29) is 0 Å². The van der Waals surface area contributed by atoms with E-state index in [0.29, 0.717) is 16.5 Å². The molecule has 0 aliphatic rings. The van der Waals surface area contributed by atoms with E-state index in [9.17, 15) is 0 Å². The van der Waals surface area contributed by atoms with Gasteiger partial charge in [0.05, 0.1) is 12.1 Å². The number of halogens is 1. The zero-order valence-corrected chi connectivity index (χ0v) is 9.57. The summed E-state index contributed by atoms with van der Waals surface area (Å²) in [5.74, 6) is 1.91. The number of hydrogen-bond donors (Lipinski definition) is 0. The van der Waals surface area contributed by atoms with Crippen molar-refractivity contribution in [2.75, 3.05) is 7.11 Å². The van der Waals surface area contributed by atoms with Gasteiger partial charge in [-0.25, -0.2) is 0 Å². The molecule has 2 aromatic rings. The molecule has 2 nitrogen and oxygen atoms in total. The predicted molar refractivity (Wildman–Crippen MR) is 64.5 cm³/mol. The molecule has 2 rings (SSSR count). The second kappa shape index (κ2) is 4.90. The van der Waals surface area contributed by atoms with Crippen LogP contribution in [0.2, 0.25) is 5.02 Å². The second-order valence-corrected chi connectivity index (χ2v) is 3.59. The van der Waals surface area contributed by atoms with Gasteiger partial charge in [-0.2, -0.15) is 0 Å². The SMILES string of the molecule is COc1c(Cl)cccc1Oc1ccccc1. The summed E-state index contributed by atoms with van der Waals surface area (Å²) in [4.78, 5) is 0. The molecule has 0 unspecified atom stereocenters. The predicted octanol–water partition coefficient (Wildman–Crippen LogP) is 4.14. The van der Waals surface area contributed by atoms with Gasteiger partial charge in [0.1, 0.15) is 5.75 Å². The smallest absolute Gasteiger partial charge is 0.180 e. The molecule has 0 saturated heterocycles. The molecule has 0 amide bonds. The van der Waals surface area contributed by atoms with Crippen molar-refractivity contribution in [1.82, 2.24) is 0 Å². The number of benzene rings is 2. The number of methoxy groups -OCH3 is 1. The highest BCUT2D eigenvalue weighted by Gasteiger charge is 2.08. The Labute approximate surface area is 99.4 Å². The van der Waals surface area contributed by atoms with Crippen molar-refractivity contribution in [3.8, 4) is 17.2 Å². The Morgan fingerprint density at radius 1 is 0.938 bits per heavy atom.